The number of likely N-dealkylation sites (N-methyl/N-ethyl adjacent to an activating group) is 1. The largest absolute Gasteiger partial charge is 0.350 e. The number of halogens is 1. The van der Waals surface area contributed by atoms with Gasteiger partial charge in [0, 0.05) is 25.2 Å². The van der Waals surface area contributed by atoms with Crippen LogP contribution in [0.25, 0.3) is 0 Å². The van der Waals surface area contributed by atoms with E-state index in [-0.39, 0.29) is 60.5 Å². The molecule has 0 radical (unpaired) electrons. The lowest BCUT2D eigenvalue weighted by Crippen LogP contribution is -2.40. The van der Waals surface area contributed by atoms with E-state index in [1.807, 2.05) is 30.3 Å². The van der Waals surface area contributed by atoms with Crippen molar-refractivity contribution < 1.29 is 23.6 Å². The number of hydrogen-bond acceptors (Lipinski definition) is 4. The number of carbonyl (C=O) groups excluding carboxylic acids is 4. The molecule has 184 valence electrons. The maximum Gasteiger partial charge on any atom is 0.261 e. The quantitative estimate of drug-likeness (QED) is 0.469. The van der Waals surface area contributed by atoms with Gasteiger partial charge in [0.2, 0.25) is 5.91 Å². The minimum Gasteiger partial charge on any atom is -0.350 e. The summed E-state index contributed by atoms with van der Waals surface area (Å²) in [6.45, 7) is 2.30. The minimum absolute atomic E-state index is 0.177. The molecule has 3 aromatic rings. The van der Waals surface area contributed by atoms with Crippen molar-refractivity contribution in [2.24, 2.45) is 0 Å². The second kappa shape index (κ2) is 10.9. The van der Waals surface area contributed by atoms with Crippen molar-refractivity contribution in [1.29, 1.82) is 0 Å². The molecule has 1 aliphatic rings. The van der Waals surface area contributed by atoms with Crippen molar-refractivity contribution in [3.05, 3.63) is 106 Å². The summed E-state index contributed by atoms with van der Waals surface area (Å²) in [5, 5.41) is 2.72. The Morgan fingerprint density at radius 3 is 2.28 bits per heavy atom. The fourth-order valence-electron chi connectivity index (χ4n) is 4.05. The summed E-state index contributed by atoms with van der Waals surface area (Å²) < 4.78 is 13.0. The number of nitrogens with one attached hydrogen (secondary N) is 1. The summed E-state index contributed by atoms with van der Waals surface area (Å²) in [6.07, 6.45) is 0.536. The van der Waals surface area contributed by atoms with Gasteiger partial charge in [-0.2, -0.15) is 0 Å². The first-order valence-corrected chi connectivity index (χ1v) is 11.7. The van der Waals surface area contributed by atoms with Gasteiger partial charge < -0.3 is 10.2 Å². The predicted molar refractivity (Wildman–Crippen MR) is 132 cm³/mol. The van der Waals surface area contributed by atoms with E-state index in [9.17, 15) is 23.6 Å². The van der Waals surface area contributed by atoms with E-state index in [1.54, 1.807) is 19.1 Å². The lowest BCUT2D eigenvalue weighted by Gasteiger charge is -2.20. The summed E-state index contributed by atoms with van der Waals surface area (Å²) in [5.74, 6) is -1.95. The number of benzene rings is 3. The van der Waals surface area contributed by atoms with Gasteiger partial charge in [0.25, 0.3) is 17.7 Å². The molecule has 0 atom stereocenters. The van der Waals surface area contributed by atoms with Gasteiger partial charge in [0.15, 0.2) is 0 Å². The maximum absolute atomic E-state index is 13.1. The van der Waals surface area contributed by atoms with Crippen molar-refractivity contribution in [3.8, 4) is 0 Å². The highest BCUT2D eigenvalue weighted by molar-refractivity contribution is 6.22. The number of carbonyl (C=O) groups is 4. The molecule has 0 aromatic heterocycles. The molecule has 1 aliphatic heterocycles. The van der Waals surface area contributed by atoms with Crippen LogP contribution in [0.3, 0.4) is 0 Å². The maximum atomic E-state index is 13.1. The van der Waals surface area contributed by atoms with E-state index < -0.39 is 11.8 Å². The molecule has 8 heteroatoms. The van der Waals surface area contributed by atoms with E-state index >= 15 is 0 Å². The Labute approximate surface area is 208 Å². The zero-order valence-corrected chi connectivity index (χ0v) is 19.9. The van der Waals surface area contributed by atoms with Gasteiger partial charge in [-0.15, -0.1) is 0 Å². The number of imide groups is 1. The smallest absolute Gasteiger partial charge is 0.261 e. The zero-order valence-electron chi connectivity index (χ0n) is 19.9. The first-order chi connectivity index (χ1) is 17.4. The zero-order chi connectivity index (χ0) is 25.7. The first-order valence-electron chi connectivity index (χ1n) is 11.7. The highest BCUT2D eigenvalue weighted by Gasteiger charge is 2.36. The normalized spacial score (nSPS) is 12.4. The SMILES string of the molecule is CCN(CC(=O)NCc1ccc(F)cc1)C(=O)c1ccc2c(c1)C(=O)N(CCc1ccccc1)C2=O. The van der Waals surface area contributed by atoms with Gasteiger partial charge in [-0.05, 0) is 54.8 Å². The van der Waals surface area contributed by atoms with Gasteiger partial charge >= 0.3 is 0 Å². The van der Waals surface area contributed by atoms with Gasteiger partial charge in [-0.25, -0.2) is 4.39 Å². The first kappa shape index (κ1) is 24.8. The molecule has 4 rings (SSSR count). The number of amides is 4. The van der Waals surface area contributed by atoms with Crippen LogP contribution in [0.15, 0.2) is 72.8 Å². The average Bonchev–Trinajstić information content (AvgIpc) is 3.14. The molecule has 4 amide bonds. The monoisotopic (exact) mass is 487 g/mol. The molecule has 0 spiro atoms. The second-order valence-electron chi connectivity index (χ2n) is 8.48. The highest BCUT2D eigenvalue weighted by Crippen LogP contribution is 2.25. The summed E-state index contributed by atoms with van der Waals surface area (Å²) in [6, 6.07) is 19.8. The molecule has 0 aliphatic carbocycles. The summed E-state index contributed by atoms with van der Waals surface area (Å²) in [7, 11) is 0. The van der Waals surface area contributed by atoms with Crippen LogP contribution in [-0.4, -0.2) is 53.1 Å². The molecule has 1 N–H and O–H groups in total. The third-order valence-electron chi connectivity index (χ3n) is 6.09. The number of nitrogens with zero attached hydrogens (tertiary/aromatic N) is 2. The van der Waals surface area contributed by atoms with Crippen LogP contribution in [0.4, 0.5) is 4.39 Å². The van der Waals surface area contributed by atoms with E-state index in [0.29, 0.717) is 6.42 Å². The molecule has 0 fully saturated rings. The van der Waals surface area contributed by atoms with E-state index in [4.69, 9.17) is 0 Å². The standard InChI is InChI=1S/C28H26FN3O4/c1-2-31(18-25(33)30-17-20-8-11-22(29)12-9-20)26(34)21-10-13-23-24(16-21)28(36)32(27(23)35)15-14-19-6-4-3-5-7-19/h3-13,16H,2,14-15,17-18H2,1H3,(H,30,33). The average molecular weight is 488 g/mol. The Morgan fingerprint density at radius 1 is 0.889 bits per heavy atom. The molecule has 0 unspecified atom stereocenters. The predicted octanol–water partition coefficient (Wildman–Crippen LogP) is 3.44. The lowest BCUT2D eigenvalue weighted by molar-refractivity contribution is -0.121. The number of fused-ring (bicyclic) bond motifs is 1. The Morgan fingerprint density at radius 2 is 1.58 bits per heavy atom. The third kappa shape index (κ3) is 5.49. The van der Waals surface area contributed by atoms with Crippen LogP contribution in [0.2, 0.25) is 0 Å². The Kier molecular flexibility index (Phi) is 7.53. The van der Waals surface area contributed by atoms with Gasteiger partial charge in [-0.3, -0.25) is 24.1 Å². The van der Waals surface area contributed by atoms with E-state index in [1.165, 1.54) is 40.1 Å². The molecular formula is C28H26FN3O4. The van der Waals surface area contributed by atoms with Crippen LogP contribution in [0.1, 0.15) is 49.1 Å². The Bertz CT molecular complexity index is 1290. The van der Waals surface area contributed by atoms with Gasteiger partial charge in [-0.1, -0.05) is 42.5 Å². The molecule has 0 bridgehead atoms. The summed E-state index contributed by atoms with van der Waals surface area (Å²) in [5.41, 5.74) is 2.44. The van der Waals surface area contributed by atoms with Crippen molar-refractivity contribution in [2.45, 2.75) is 19.9 Å². The number of rotatable bonds is 9. The molecule has 1 heterocycles. The van der Waals surface area contributed by atoms with E-state index in [0.717, 1.165) is 11.1 Å². The van der Waals surface area contributed by atoms with Crippen molar-refractivity contribution >= 4 is 23.6 Å². The molecule has 7 nitrogen and oxygen atoms in total. The molecule has 0 saturated carbocycles. The molecule has 36 heavy (non-hydrogen) atoms. The van der Waals surface area contributed by atoms with Crippen LogP contribution in [-0.2, 0) is 17.8 Å². The molecule has 0 saturated heterocycles. The molecule has 3 aromatic carbocycles. The minimum atomic E-state index is -0.430. The fourth-order valence-corrected chi connectivity index (χ4v) is 4.05. The molecular weight excluding hydrogens is 461 g/mol. The van der Waals surface area contributed by atoms with Gasteiger partial charge in [0.1, 0.15) is 5.82 Å². The van der Waals surface area contributed by atoms with E-state index in [2.05, 4.69) is 5.32 Å². The van der Waals surface area contributed by atoms with Crippen LogP contribution in [0, 0.1) is 5.82 Å². The highest BCUT2D eigenvalue weighted by atomic mass is 19.1. The van der Waals surface area contributed by atoms with Crippen LogP contribution in [0.5, 0.6) is 0 Å². The summed E-state index contributed by atoms with van der Waals surface area (Å²) >= 11 is 0. The summed E-state index contributed by atoms with van der Waals surface area (Å²) in [4.78, 5) is 53.8. The lowest BCUT2D eigenvalue weighted by atomic mass is 10.0. The van der Waals surface area contributed by atoms with Crippen molar-refractivity contribution in [3.63, 3.8) is 0 Å². The topological polar surface area (TPSA) is 86.8 Å². The third-order valence-corrected chi connectivity index (χ3v) is 6.09. The van der Waals surface area contributed by atoms with Crippen LogP contribution >= 0.6 is 0 Å². The Balaban J connectivity index is 1.40. The van der Waals surface area contributed by atoms with Crippen molar-refractivity contribution in [2.75, 3.05) is 19.6 Å². The number of hydrogen-bond donors (Lipinski definition) is 1. The van der Waals surface area contributed by atoms with Crippen molar-refractivity contribution in [1.82, 2.24) is 15.1 Å². The van der Waals surface area contributed by atoms with Crippen LogP contribution < -0.4 is 5.32 Å². The van der Waals surface area contributed by atoms with Gasteiger partial charge in [0.05, 0.1) is 17.7 Å². The Hall–Kier alpha value is -4.33. The second-order valence-corrected chi connectivity index (χ2v) is 8.48. The fraction of sp³-hybridized carbons (Fsp3) is 0.214.